The van der Waals surface area contributed by atoms with Gasteiger partial charge < -0.3 is 5.32 Å². The number of thiophene rings is 1. The highest BCUT2D eigenvalue weighted by atomic mass is 35.5. The number of aromatic nitrogens is 2. The lowest BCUT2D eigenvalue weighted by molar-refractivity contribution is -0.115. The second kappa shape index (κ2) is 8.47. The minimum Gasteiger partial charge on any atom is -0.310 e. The fraction of sp³-hybridized carbons (Fsp3) is 0.333. The number of carbonyl (C=O) groups excluding carboxylic acids is 1. The molecule has 1 aromatic carbocycles. The summed E-state index contributed by atoms with van der Waals surface area (Å²) in [7, 11) is 0. The first-order chi connectivity index (χ1) is 13.6. The molecule has 2 aromatic heterocycles. The quantitative estimate of drug-likeness (QED) is 0.591. The van der Waals surface area contributed by atoms with E-state index < -0.39 is 0 Å². The summed E-state index contributed by atoms with van der Waals surface area (Å²) in [5.41, 5.74) is 1.05. The number of rotatable bonds is 7. The minimum atomic E-state index is -0.154. The lowest BCUT2D eigenvalue weighted by Gasteiger charge is -2.31. The molecule has 28 heavy (non-hydrogen) atoms. The number of amides is 1. The largest absolute Gasteiger partial charge is 0.310 e. The first kappa shape index (κ1) is 19.2. The van der Waals surface area contributed by atoms with E-state index in [0.29, 0.717) is 12.4 Å². The highest BCUT2D eigenvalue weighted by molar-refractivity contribution is 7.09. The van der Waals surface area contributed by atoms with Crippen molar-refractivity contribution in [1.82, 2.24) is 15.1 Å². The Morgan fingerprint density at radius 1 is 1.18 bits per heavy atom. The zero-order chi connectivity index (χ0) is 19.4. The van der Waals surface area contributed by atoms with E-state index in [1.807, 2.05) is 34.3 Å². The molecule has 3 aromatic rings. The van der Waals surface area contributed by atoms with Crippen molar-refractivity contribution >= 4 is 34.7 Å². The molecule has 1 amide bonds. The van der Waals surface area contributed by atoms with Gasteiger partial charge in [0.1, 0.15) is 5.82 Å². The standard InChI is InChI=1S/C21H23ClN4OS/c22-17-7-5-16(6-8-17)21(10-1-2-11-21)23-14-20(27)25-19-9-12-24-26(19)15-18-4-3-13-28-18/h3-9,12-13,23H,1-2,10-11,14-15H2,(H,25,27). The number of halogens is 1. The van der Waals surface area contributed by atoms with Crippen LogP contribution in [0.4, 0.5) is 5.82 Å². The van der Waals surface area contributed by atoms with E-state index in [1.54, 1.807) is 17.5 Å². The number of nitrogens with one attached hydrogen (secondary N) is 2. The molecule has 0 spiro atoms. The van der Waals surface area contributed by atoms with E-state index >= 15 is 0 Å². The molecule has 2 heterocycles. The first-order valence-electron chi connectivity index (χ1n) is 9.50. The van der Waals surface area contributed by atoms with Crippen LogP contribution in [0.25, 0.3) is 0 Å². The summed E-state index contributed by atoms with van der Waals surface area (Å²) in [5.74, 6) is 0.653. The second-order valence-electron chi connectivity index (χ2n) is 7.15. The van der Waals surface area contributed by atoms with Crippen LogP contribution >= 0.6 is 22.9 Å². The number of anilines is 1. The predicted octanol–water partition coefficient (Wildman–Crippen LogP) is 4.64. The second-order valence-corrected chi connectivity index (χ2v) is 8.62. The van der Waals surface area contributed by atoms with Crippen molar-refractivity contribution in [3.63, 3.8) is 0 Å². The average molecular weight is 415 g/mol. The third kappa shape index (κ3) is 4.29. The van der Waals surface area contributed by atoms with Crippen LogP contribution in [0.2, 0.25) is 5.02 Å². The third-order valence-corrected chi connectivity index (χ3v) is 6.42. The molecule has 146 valence electrons. The zero-order valence-corrected chi connectivity index (χ0v) is 17.1. The van der Waals surface area contributed by atoms with Crippen molar-refractivity contribution in [3.8, 4) is 0 Å². The topological polar surface area (TPSA) is 59.0 Å². The van der Waals surface area contributed by atoms with Gasteiger partial charge in [0.15, 0.2) is 0 Å². The normalized spacial score (nSPS) is 15.6. The van der Waals surface area contributed by atoms with Crippen LogP contribution in [-0.2, 0) is 16.9 Å². The SMILES string of the molecule is O=C(CNC1(c2ccc(Cl)cc2)CCCC1)Nc1ccnn1Cc1cccs1. The van der Waals surface area contributed by atoms with Crippen LogP contribution in [0.15, 0.2) is 54.0 Å². The summed E-state index contributed by atoms with van der Waals surface area (Å²) in [6, 6.07) is 13.9. The Bertz CT molecular complexity index is 914. The Morgan fingerprint density at radius 3 is 2.68 bits per heavy atom. The van der Waals surface area contributed by atoms with Gasteiger partial charge in [0.05, 0.1) is 19.3 Å². The summed E-state index contributed by atoms with van der Waals surface area (Å²) in [6.45, 7) is 0.912. The van der Waals surface area contributed by atoms with Crippen LogP contribution in [0.1, 0.15) is 36.1 Å². The molecule has 0 radical (unpaired) electrons. The highest BCUT2D eigenvalue weighted by Crippen LogP contribution is 2.39. The molecule has 4 rings (SSSR count). The fourth-order valence-electron chi connectivity index (χ4n) is 3.87. The minimum absolute atomic E-state index is 0.0619. The maximum Gasteiger partial charge on any atom is 0.239 e. The van der Waals surface area contributed by atoms with Crippen LogP contribution in [-0.4, -0.2) is 22.2 Å². The van der Waals surface area contributed by atoms with E-state index in [4.69, 9.17) is 11.6 Å². The molecule has 0 unspecified atom stereocenters. The average Bonchev–Trinajstić information content (AvgIpc) is 3.45. The van der Waals surface area contributed by atoms with Crippen molar-refractivity contribution in [3.05, 3.63) is 69.5 Å². The van der Waals surface area contributed by atoms with Gasteiger partial charge in [-0.05, 0) is 42.0 Å². The van der Waals surface area contributed by atoms with Crippen LogP contribution in [0.5, 0.6) is 0 Å². The summed E-state index contributed by atoms with van der Waals surface area (Å²) >= 11 is 7.72. The Morgan fingerprint density at radius 2 is 1.96 bits per heavy atom. The van der Waals surface area contributed by atoms with Crippen molar-refractivity contribution in [2.75, 3.05) is 11.9 Å². The van der Waals surface area contributed by atoms with E-state index in [0.717, 1.165) is 30.7 Å². The van der Waals surface area contributed by atoms with Crippen molar-refractivity contribution in [1.29, 1.82) is 0 Å². The Hall–Kier alpha value is -2.15. The van der Waals surface area contributed by atoms with E-state index in [2.05, 4.69) is 33.9 Å². The molecule has 1 aliphatic rings. The van der Waals surface area contributed by atoms with E-state index in [9.17, 15) is 4.79 Å². The first-order valence-corrected chi connectivity index (χ1v) is 10.8. The van der Waals surface area contributed by atoms with E-state index in [-0.39, 0.29) is 18.0 Å². The zero-order valence-electron chi connectivity index (χ0n) is 15.5. The maximum absolute atomic E-state index is 12.6. The van der Waals surface area contributed by atoms with Gasteiger partial charge in [-0.25, -0.2) is 4.68 Å². The summed E-state index contributed by atoms with van der Waals surface area (Å²) < 4.78 is 1.81. The molecular formula is C21H23ClN4OS. The van der Waals surface area contributed by atoms with Crippen LogP contribution in [0, 0.1) is 0 Å². The highest BCUT2D eigenvalue weighted by Gasteiger charge is 2.35. The molecule has 0 bridgehead atoms. The molecule has 1 aliphatic carbocycles. The van der Waals surface area contributed by atoms with Gasteiger partial charge in [-0.3, -0.25) is 10.1 Å². The molecule has 0 atom stereocenters. The van der Waals surface area contributed by atoms with Gasteiger partial charge in [-0.2, -0.15) is 5.10 Å². The lowest BCUT2D eigenvalue weighted by atomic mass is 9.88. The van der Waals surface area contributed by atoms with Gasteiger partial charge in [0.2, 0.25) is 5.91 Å². The van der Waals surface area contributed by atoms with Gasteiger partial charge in [-0.15, -0.1) is 11.3 Å². The van der Waals surface area contributed by atoms with Gasteiger partial charge in [0.25, 0.3) is 0 Å². The third-order valence-electron chi connectivity index (χ3n) is 5.31. The summed E-state index contributed by atoms with van der Waals surface area (Å²) in [6.07, 6.45) is 6.08. The Kier molecular flexibility index (Phi) is 5.80. The van der Waals surface area contributed by atoms with Crippen molar-refractivity contribution < 1.29 is 4.79 Å². The number of hydrogen-bond donors (Lipinski definition) is 2. The molecule has 0 aliphatic heterocycles. The van der Waals surface area contributed by atoms with Crippen LogP contribution in [0.3, 0.4) is 0 Å². The van der Waals surface area contributed by atoms with Gasteiger partial charge in [-0.1, -0.05) is 42.6 Å². The monoisotopic (exact) mass is 414 g/mol. The molecule has 1 fully saturated rings. The predicted molar refractivity (Wildman–Crippen MR) is 114 cm³/mol. The maximum atomic E-state index is 12.6. The summed E-state index contributed by atoms with van der Waals surface area (Å²) in [5, 5.41) is 13.6. The molecule has 2 N–H and O–H groups in total. The Balaban J connectivity index is 1.40. The smallest absolute Gasteiger partial charge is 0.239 e. The summed E-state index contributed by atoms with van der Waals surface area (Å²) in [4.78, 5) is 13.8. The lowest BCUT2D eigenvalue weighted by Crippen LogP contribution is -2.44. The van der Waals surface area contributed by atoms with Gasteiger partial charge >= 0.3 is 0 Å². The Labute approximate surface area is 173 Å². The van der Waals surface area contributed by atoms with Crippen molar-refractivity contribution in [2.45, 2.75) is 37.8 Å². The molecule has 7 heteroatoms. The van der Waals surface area contributed by atoms with Crippen LogP contribution < -0.4 is 10.6 Å². The van der Waals surface area contributed by atoms with E-state index in [1.165, 1.54) is 10.4 Å². The molecule has 1 saturated carbocycles. The molecular weight excluding hydrogens is 392 g/mol. The number of nitrogens with zero attached hydrogens (tertiary/aromatic N) is 2. The molecule has 5 nitrogen and oxygen atoms in total. The fourth-order valence-corrected chi connectivity index (χ4v) is 4.68. The number of hydrogen-bond acceptors (Lipinski definition) is 4. The van der Waals surface area contributed by atoms with Crippen molar-refractivity contribution in [2.24, 2.45) is 0 Å². The number of carbonyl (C=O) groups is 1. The molecule has 0 saturated heterocycles. The number of benzene rings is 1. The van der Waals surface area contributed by atoms with Gasteiger partial charge in [0, 0.05) is 21.5 Å².